The molecule has 0 saturated carbocycles. The highest BCUT2D eigenvalue weighted by Gasteiger charge is 2.06. The second kappa shape index (κ2) is 8.27. The fourth-order valence-corrected chi connectivity index (χ4v) is 2.50. The largest absolute Gasteiger partial charge is 0.350 e. The lowest BCUT2D eigenvalue weighted by molar-refractivity contribution is 0.724. The molecule has 21 heavy (non-hydrogen) atoms. The summed E-state index contributed by atoms with van der Waals surface area (Å²) in [7, 11) is 3.65. The summed E-state index contributed by atoms with van der Waals surface area (Å²) in [6, 6.07) is 0. The van der Waals surface area contributed by atoms with Crippen molar-refractivity contribution in [2.75, 3.05) is 7.05 Å². The van der Waals surface area contributed by atoms with Crippen molar-refractivity contribution < 1.29 is 0 Å². The van der Waals surface area contributed by atoms with E-state index in [4.69, 9.17) is 0 Å². The van der Waals surface area contributed by atoms with E-state index in [-0.39, 0.29) is 24.0 Å². The summed E-state index contributed by atoms with van der Waals surface area (Å²) in [5.41, 5.74) is 1.09. The lowest BCUT2D eigenvalue weighted by Gasteiger charge is -2.10. The van der Waals surface area contributed by atoms with Crippen molar-refractivity contribution in [2.45, 2.75) is 26.9 Å². The molecule has 116 valence electrons. The van der Waals surface area contributed by atoms with Crippen LogP contribution in [-0.4, -0.2) is 32.8 Å². The molecule has 2 rings (SSSR count). The van der Waals surface area contributed by atoms with Gasteiger partial charge in [-0.25, -0.2) is 4.98 Å². The number of nitrogens with zero attached hydrogens (tertiary/aromatic N) is 5. The molecule has 0 radical (unpaired) electrons. The first-order valence-electron chi connectivity index (χ1n) is 6.30. The molecule has 0 fully saturated rings. The minimum absolute atomic E-state index is 0. The Hall–Kier alpha value is -1.23. The van der Waals surface area contributed by atoms with Crippen LogP contribution < -0.4 is 10.6 Å². The molecule has 9 heteroatoms. The molecular weight excluding hydrogens is 401 g/mol. The maximum atomic E-state index is 4.49. The zero-order valence-electron chi connectivity index (χ0n) is 12.5. The highest BCUT2D eigenvalue weighted by atomic mass is 127. The minimum Gasteiger partial charge on any atom is -0.350 e. The number of aliphatic imine (C=N–C) groups is 1. The summed E-state index contributed by atoms with van der Waals surface area (Å²) in [6.07, 6.45) is 1.67. The monoisotopic (exact) mass is 421 g/mol. The first-order valence-corrected chi connectivity index (χ1v) is 7.12. The predicted octanol–water partition coefficient (Wildman–Crippen LogP) is 1.37. The number of aromatic nitrogens is 4. The van der Waals surface area contributed by atoms with Crippen LogP contribution in [0.4, 0.5) is 0 Å². The molecule has 0 bridgehead atoms. The third-order valence-corrected chi connectivity index (χ3v) is 4.00. The van der Waals surface area contributed by atoms with Gasteiger partial charge in [-0.2, -0.15) is 0 Å². The Kier molecular flexibility index (Phi) is 7.02. The van der Waals surface area contributed by atoms with Gasteiger partial charge >= 0.3 is 0 Å². The number of rotatable bonds is 4. The van der Waals surface area contributed by atoms with E-state index in [1.165, 1.54) is 4.88 Å². The van der Waals surface area contributed by atoms with Crippen molar-refractivity contribution in [3.63, 3.8) is 0 Å². The molecule has 2 N–H and O–H groups in total. The van der Waals surface area contributed by atoms with Crippen LogP contribution in [0.25, 0.3) is 0 Å². The third-order valence-electron chi connectivity index (χ3n) is 2.92. The Balaban J connectivity index is 0.00000220. The van der Waals surface area contributed by atoms with Crippen molar-refractivity contribution in [3.05, 3.63) is 27.7 Å². The molecule has 0 atom stereocenters. The lowest BCUT2D eigenvalue weighted by Crippen LogP contribution is -2.36. The maximum absolute atomic E-state index is 4.49. The molecule has 0 aliphatic carbocycles. The third kappa shape index (κ3) is 4.92. The van der Waals surface area contributed by atoms with Gasteiger partial charge in [-0.3, -0.25) is 4.99 Å². The van der Waals surface area contributed by atoms with E-state index < -0.39 is 0 Å². The zero-order chi connectivity index (χ0) is 14.5. The van der Waals surface area contributed by atoms with Crippen molar-refractivity contribution in [3.8, 4) is 0 Å². The van der Waals surface area contributed by atoms with Crippen LogP contribution in [0.5, 0.6) is 0 Å². The highest BCUT2D eigenvalue weighted by molar-refractivity contribution is 14.0. The molecule has 2 heterocycles. The first kappa shape index (κ1) is 17.8. The normalized spacial score (nSPS) is 11.1. The Bertz CT molecular complexity index is 585. The van der Waals surface area contributed by atoms with E-state index in [0.717, 1.165) is 22.5 Å². The smallest absolute Gasteiger partial charge is 0.191 e. The Labute approximate surface area is 145 Å². The molecular formula is C12H20IN7S. The van der Waals surface area contributed by atoms with Crippen molar-refractivity contribution >= 4 is 41.3 Å². The van der Waals surface area contributed by atoms with Gasteiger partial charge in [-0.15, -0.1) is 45.5 Å². The minimum atomic E-state index is 0. The van der Waals surface area contributed by atoms with Crippen LogP contribution in [0.1, 0.15) is 21.4 Å². The van der Waals surface area contributed by atoms with E-state index in [0.29, 0.717) is 13.1 Å². The average molecular weight is 421 g/mol. The summed E-state index contributed by atoms with van der Waals surface area (Å²) in [5.74, 6) is 1.58. The van der Waals surface area contributed by atoms with Gasteiger partial charge in [0.05, 0.1) is 18.8 Å². The van der Waals surface area contributed by atoms with Gasteiger partial charge in [0.2, 0.25) is 0 Å². The van der Waals surface area contributed by atoms with Crippen molar-refractivity contribution in [2.24, 2.45) is 12.0 Å². The van der Waals surface area contributed by atoms with Crippen LogP contribution in [0.3, 0.4) is 0 Å². The van der Waals surface area contributed by atoms with Gasteiger partial charge in [-0.05, 0) is 13.8 Å². The summed E-state index contributed by atoms with van der Waals surface area (Å²) in [6.45, 7) is 5.35. The molecule has 0 spiro atoms. The van der Waals surface area contributed by atoms with E-state index in [9.17, 15) is 0 Å². The molecule has 7 nitrogen and oxygen atoms in total. The quantitative estimate of drug-likeness (QED) is 0.443. The van der Waals surface area contributed by atoms with Crippen LogP contribution >= 0.6 is 35.3 Å². The maximum Gasteiger partial charge on any atom is 0.191 e. The number of hydrogen-bond acceptors (Lipinski definition) is 5. The average Bonchev–Trinajstić information content (AvgIpc) is 2.97. The molecule has 2 aromatic rings. The van der Waals surface area contributed by atoms with E-state index >= 15 is 0 Å². The fourth-order valence-electron chi connectivity index (χ4n) is 1.62. The summed E-state index contributed by atoms with van der Waals surface area (Å²) in [5, 5.41) is 15.3. The number of guanidine groups is 1. The van der Waals surface area contributed by atoms with Gasteiger partial charge in [0.25, 0.3) is 0 Å². The van der Waals surface area contributed by atoms with E-state index in [1.807, 2.05) is 18.5 Å². The standard InChI is InChI=1S/C12H19N7S.HI/c1-8-9(2)20-11(17-8)6-15-12(13-3)14-5-10-18-16-7-19(10)4;/h7H,5-6H2,1-4H3,(H2,13,14,15);1H. The number of nitrogens with one attached hydrogen (secondary N) is 2. The van der Waals surface area contributed by atoms with E-state index in [1.54, 1.807) is 24.7 Å². The topological polar surface area (TPSA) is 80.0 Å². The number of aryl methyl sites for hydroxylation is 3. The highest BCUT2D eigenvalue weighted by Crippen LogP contribution is 2.15. The second-order valence-corrected chi connectivity index (χ2v) is 5.67. The fraction of sp³-hybridized carbons (Fsp3) is 0.500. The Morgan fingerprint density at radius 3 is 2.57 bits per heavy atom. The summed E-state index contributed by atoms with van der Waals surface area (Å²) >= 11 is 1.70. The lowest BCUT2D eigenvalue weighted by atomic mass is 10.4. The van der Waals surface area contributed by atoms with Crippen molar-refractivity contribution in [1.29, 1.82) is 0 Å². The first-order chi connectivity index (χ1) is 9.60. The summed E-state index contributed by atoms with van der Waals surface area (Å²) in [4.78, 5) is 9.92. The van der Waals surface area contributed by atoms with E-state index in [2.05, 4.69) is 37.7 Å². The molecule has 0 amide bonds. The van der Waals surface area contributed by atoms with Gasteiger partial charge in [0.15, 0.2) is 11.8 Å². The number of halogens is 1. The van der Waals surface area contributed by atoms with Crippen LogP contribution in [0.15, 0.2) is 11.3 Å². The molecule has 0 aliphatic heterocycles. The van der Waals surface area contributed by atoms with Crippen molar-refractivity contribution in [1.82, 2.24) is 30.4 Å². The van der Waals surface area contributed by atoms with Crippen LogP contribution in [0, 0.1) is 13.8 Å². The zero-order valence-corrected chi connectivity index (χ0v) is 15.7. The molecule has 0 unspecified atom stereocenters. The SMILES string of the molecule is CN=C(NCc1nc(C)c(C)s1)NCc1nncn1C.I. The Morgan fingerprint density at radius 2 is 2.05 bits per heavy atom. The van der Waals surface area contributed by atoms with Gasteiger partial charge in [0.1, 0.15) is 11.3 Å². The van der Waals surface area contributed by atoms with Crippen LogP contribution in [0.2, 0.25) is 0 Å². The van der Waals surface area contributed by atoms with Gasteiger partial charge in [-0.1, -0.05) is 0 Å². The second-order valence-electron chi connectivity index (χ2n) is 4.39. The molecule has 2 aromatic heterocycles. The van der Waals surface area contributed by atoms with Gasteiger partial charge in [0, 0.05) is 19.0 Å². The Morgan fingerprint density at radius 1 is 1.33 bits per heavy atom. The number of thiazole rings is 1. The predicted molar refractivity (Wildman–Crippen MR) is 95.0 cm³/mol. The van der Waals surface area contributed by atoms with Crippen LogP contribution in [-0.2, 0) is 20.1 Å². The van der Waals surface area contributed by atoms with Gasteiger partial charge < -0.3 is 15.2 Å². The molecule has 0 aromatic carbocycles. The number of hydrogen-bond donors (Lipinski definition) is 2. The molecule has 0 saturated heterocycles. The molecule has 0 aliphatic rings. The summed E-state index contributed by atoms with van der Waals surface area (Å²) < 4.78 is 1.87.